The maximum atomic E-state index is 5.83. The van der Waals surface area contributed by atoms with Gasteiger partial charge in [0.05, 0.1) is 0 Å². The molecule has 0 heterocycles. The van der Waals surface area contributed by atoms with Gasteiger partial charge in [-0.05, 0) is 43.0 Å². The predicted octanol–water partition coefficient (Wildman–Crippen LogP) is 3.23. The molecule has 17 heavy (non-hydrogen) atoms. The number of nitrogens with two attached hydrogens (primary N) is 1. The van der Waals surface area contributed by atoms with Crippen LogP contribution in [0.3, 0.4) is 0 Å². The van der Waals surface area contributed by atoms with E-state index >= 15 is 0 Å². The largest absolute Gasteiger partial charge is 0.329 e. The summed E-state index contributed by atoms with van der Waals surface area (Å²) in [5.41, 5.74) is 7.10. The average molecular weight is 297 g/mol. The van der Waals surface area contributed by atoms with Crippen molar-refractivity contribution in [2.45, 2.75) is 31.7 Å². The summed E-state index contributed by atoms with van der Waals surface area (Å²) in [5, 5.41) is 3.55. The standard InChI is InChI=1S/C14H21BrN2/c15-13-5-1-4-12(9-13)14(10-16)17-8-2-3-11-6-7-11/h1,4-5,9,11,14,17H,2-3,6-8,10,16H2. The first-order valence-electron chi connectivity index (χ1n) is 6.48. The highest BCUT2D eigenvalue weighted by molar-refractivity contribution is 9.10. The van der Waals surface area contributed by atoms with Crippen LogP contribution < -0.4 is 11.1 Å². The molecule has 0 spiro atoms. The molecule has 1 aliphatic rings. The minimum atomic E-state index is 0.284. The van der Waals surface area contributed by atoms with Gasteiger partial charge in [0, 0.05) is 17.1 Å². The third kappa shape index (κ3) is 4.41. The van der Waals surface area contributed by atoms with Crippen molar-refractivity contribution in [2.24, 2.45) is 11.7 Å². The van der Waals surface area contributed by atoms with Gasteiger partial charge in [-0.1, -0.05) is 40.9 Å². The molecule has 94 valence electrons. The Labute approximate surface area is 112 Å². The lowest BCUT2D eigenvalue weighted by atomic mass is 10.1. The van der Waals surface area contributed by atoms with E-state index < -0.39 is 0 Å². The van der Waals surface area contributed by atoms with Crippen LogP contribution in [-0.2, 0) is 0 Å². The molecule has 1 fully saturated rings. The number of hydrogen-bond acceptors (Lipinski definition) is 2. The fourth-order valence-electron chi connectivity index (χ4n) is 2.13. The maximum absolute atomic E-state index is 5.83. The van der Waals surface area contributed by atoms with Crippen molar-refractivity contribution in [3.8, 4) is 0 Å². The average Bonchev–Trinajstić information content (AvgIpc) is 3.13. The molecule has 1 unspecified atom stereocenters. The lowest BCUT2D eigenvalue weighted by Gasteiger charge is -2.17. The van der Waals surface area contributed by atoms with Crippen LogP contribution in [0.15, 0.2) is 28.7 Å². The lowest BCUT2D eigenvalue weighted by Crippen LogP contribution is -2.29. The second kappa shape index (κ2) is 6.53. The van der Waals surface area contributed by atoms with Crippen LogP contribution in [0, 0.1) is 5.92 Å². The minimum absolute atomic E-state index is 0.284. The first kappa shape index (κ1) is 13.1. The molecule has 0 bridgehead atoms. The zero-order chi connectivity index (χ0) is 12.1. The van der Waals surface area contributed by atoms with Crippen LogP contribution >= 0.6 is 15.9 Å². The SMILES string of the molecule is NCC(NCCCC1CC1)c1cccc(Br)c1. The summed E-state index contributed by atoms with van der Waals surface area (Å²) in [7, 11) is 0. The van der Waals surface area contributed by atoms with Crippen molar-refractivity contribution in [1.82, 2.24) is 5.32 Å². The van der Waals surface area contributed by atoms with E-state index in [4.69, 9.17) is 5.73 Å². The Morgan fingerprint density at radius 3 is 2.88 bits per heavy atom. The zero-order valence-electron chi connectivity index (χ0n) is 10.2. The Hall–Kier alpha value is -0.380. The van der Waals surface area contributed by atoms with Crippen molar-refractivity contribution in [1.29, 1.82) is 0 Å². The summed E-state index contributed by atoms with van der Waals surface area (Å²) in [4.78, 5) is 0. The first-order chi connectivity index (χ1) is 8.29. The van der Waals surface area contributed by atoms with Gasteiger partial charge >= 0.3 is 0 Å². The van der Waals surface area contributed by atoms with E-state index in [0.717, 1.165) is 16.9 Å². The van der Waals surface area contributed by atoms with E-state index in [1.807, 2.05) is 6.07 Å². The molecule has 0 aliphatic heterocycles. The van der Waals surface area contributed by atoms with E-state index in [2.05, 4.69) is 39.4 Å². The molecule has 0 radical (unpaired) electrons. The Balaban J connectivity index is 1.78. The summed E-state index contributed by atoms with van der Waals surface area (Å²) in [5.74, 6) is 1.03. The third-order valence-corrected chi connectivity index (χ3v) is 3.86. The second-order valence-corrected chi connectivity index (χ2v) is 5.80. The van der Waals surface area contributed by atoms with Gasteiger partial charge in [0.1, 0.15) is 0 Å². The number of benzene rings is 1. The Bertz CT molecular complexity index is 350. The van der Waals surface area contributed by atoms with Gasteiger partial charge in [-0.15, -0.1) is 0 Å². The van der Waals surface area contributed by atoms with Gasteiger partial charge < -0.3 is 11.1 Å². The molecule has 2 rings (SSSR count). The smallest absolute Gasteiger partial charge is 0.0444 e. The first-order valence-corrected chi connectivity index (χ1v) is 7.28. The Morgan fingerprint density at radius 1 is 1.41 bits per heavy atom. The van der Waals surface area contributed by atoms with Crippen molar-refractivity contribution in [3.05, 3.63) is 34.3 Å². The summed E-state index contributed by atoms with van der Waals surface area (Å²) in [6.45, 7) is 1.73. The molecule has 0 amide bonds. The molecule has 1 saturated carbocycles. The molecule has 0 saturated heterocycles. The van der Waals surface area contributed by atoms with Gasteiger partial charge in [0.25, 0.3) is 0 Å². The van der Waals surface area contributed by atoms with E-state index in [1.54, 1.807) is 0 Å². The van der Waals surface area contributed by atoms with Crippen LogP contribution in [0.5, 0.6) is 0 Å². The van der Waals surface area contributed by atoms with Gasteiger partial charge in [0.15, 0.2) is 0 Å². The topological polar surface area (TPSA) is 38.0 Å². The maximum Gasteiger partial charge on any atom is 0.0444 e. The number of rotatable bonds is 7. The van der Waals surface area contributed by atoms with E-state index in [-0.39, 0.29) is 6.04 Å². The Morgan fingerprint density at radius 2 is 2.24 bits per heavy atom. The molecular formula is C14H21BrN2. The quantitative estimate of drug-likeness (QED) is 0.758. The Kier molecular flexibility index (Phi) is 5.01. The van der Waals surface area contributed by atoms with Crippen LogP contribution in [0.1, 0.15) is 37.3 Å². The fourth-order valence-corrected chi connectivity index (χ4v) is 2.55. The number of hydrogen-bond donors (Lipinski definition) is 2. The number of halogens is 1. The molecule has 2 nitrogen and oxygen atoms in total. The van der Waals surface area contributed by atoms with Crippen LogP contribution in [0.4, 0.5) is 0 Å². The highest BCUT2D eigenvalue weighted by atomic mass is 79.9. The molecule has 0 aromatic heterocycles. The highest BCUT2D eigenvalue weighted by Crippen LogP contribution is 2.33. The van der Waals surface area contributed by atoms with Crippen molar-refractivity contribution in [3.63, 3.8) is 0 Å². The molecule has 3 N–H and O–H groups in total. The summed E-state index contributed by atoms with van der Waals surface area (Å²) < 4.78 is 1.12. The fraction of sp³-hybridized carbons (Fsp3) is 0.571. The summed E-state index contributed by atoms with van der Waals surface area (Å²) in [6, 6.07) is 8.67. The zero-order valence-corrected chi connectivity index (χ0v) is 11.7. The minimum Gasteiger partial charge on any atom is -0.329 e. The molecule has 3 heteroatoms. The van der Waals surface area contributed by atoms with E-state index in [1.165, 1.54) is 31.2 Å². The van der Waals surface area contributed by atoms with Gasteiger partial charge in [-0.25, -0.2) is 0 Å². The molecule has 1 aromatic rings. The van der Waals surface area contributed by atoms with Gasteiger partial charge in [0.2, 0.25) is 0 Å². The second-order valence-electron chi connectivity index (χ2n) is 4.88. The monoisotopic (exact) mass is 296 g/mol. The van der Waals surface area contributed by atoms with Gasteiger partial charge in [-0.2, -0.15) is 0 Å². The third-order valence-electron chi connectivity index (χ3n) is 3.36. The predicted molar refractivity (Wildman–Crippen MR) is 75.9 cm³/mol. The van der Waals surface area contributed by atoms with Crippen LogP contribution in [0.2, 0.25) is 0 Å². The van der Waals surface area contributed by atoms with Crippen LogP contribution in [-0.4, -0.2) is 13.1 Å². The highest BCUT2D eigenvalue weighted by Gasteiger charge is 2.20. The lowest BCUT2D eigenvalue weighted by molar-refractivity contribution is 0.512. The van der Waals surface area contributed by atoms with E-state index in [9.17, 15) is 0 Å². The molecule has 1 aromatic carbocycles. The summed E-state index contributed by atoms with van der Waals surface area (Å²) in [6.07, 6.45) is 5.55. The number of nitrogens with one attached hydrogen (secondary N) is 1. The molecule has 1 aliphatic carbocycles. The van der Waals surface area contributed by atoms with Crippen molar-refractivity contribution in [2.75, 3.05) is 13.1 Å². The molecule has 1 atom stereocenters. The van der Waals surface area contributed by atoms with E-state index in [0.29, 0.717) is 6.54 Å². The van der Waals surface area contributed by atoms with Crippen molar-refractivity contribution >= 4 is 15.9 Å². The normalized spacial score (nSPS) is 17.1. The van der Waals surface area contributed by atoms with Crippen molar-refractivity contribution < 1.29 is 0 Å². The van der Waals surface area contributed by atoms with Gasteiger partial charge in [-0.3, -0.25) is 0 Å². The summed E-state index contributed by atoms with van der Waals surface area (Å²) >= 11 is 3.50. The molecular weight excluding hydrogens is 276 g/mol. The van der Waals surface area contributed by atoms with Crippen LogP contribution in [0.25, 0.3) is 0 Å².